The van der Waals surface area contributed by atoms with Gasteiger partial charge < -0.3 is 15.5 Å². The van der Waals surface area contributed by atoms with Gasteiger partial charge in [-0.15, -0.1) is 0 Å². The Kier molecular flexibility index (Phi) is 4.00. The van der Waals surface area contributed by atoms with Crippen LogP contribution in [0.1, 0.15) is 24.1 Å². The Morgan fingerprint density at radius 3 is 2.32 bits per heavy atom. The van der Waals surface area contributed by atoms with E-state index in [0.29, 0.717) is 5.56 Å². The van der Waals surface area contributed by atoms with Gasteiger partial charge in [-0.25, -0.2) is 0 Å². The van der Waals surface area contributed by atoms with Gasteiger partial charge in [0, 0.05) is 10.2 Å². The van der Waals surface area contributed by atoms with E-state index in [0.717, 1.165) is 15.7 Å². The van der Waals surface area contributed by atoms with Crippen LogP contribution in [0.5, 0.6) is 11.5 Å². The molecule has 19 heavy (non-hydrogen) atoms. The Balaban J connectivity index is 2.28. The van der Waals surface area contributed by atoms with Gasteiger partial charge in [0.2, 0.25) is 0 Å². The Labute approximate surface area is 121 Å². The molecule has 0 aliphatic heterocycles. The van der Waals surface area contributed by atoms with Crippen LogP contribution < -0.4 is 5.32 Å². The Bertz CT molecular complexity index is 578. The normalized spacial score (nSPS) is 12.2. The molecule has 0 fully saturated rings. The minimum atomic E-state index is -0.193. The maximum Gasteiger partial charge on any atom is 0.124 e. The summed E-state index contributed by atoms with van der Waals surface area (Å²) in [5, 5.41) is 23.0. The molecule has 3 nitrogen and oxygen atoms in total. The van der Waals surface area contributed by atoms with E-state index in [1.54, 1.807) is 18.2 Å². The summed E-state index contributed by atoms with van der Waals surface area (Å²) in [7, 11) is 0. The van der Waals surface area contributed by atoms with Crippen LogP contribution in [0.25, 0.3) is 0 Å². The standard InChI is InChI=1S/C15H16BrNO2/c1-9-8-11(16)6-7-12(9)17-10(2)15-13(18)4-3-5-14(15)19/h3-8,10,17-19H,1-2H3. The van der Waals surface area contributed by atoms with Gasteiger partial charge in [0.05, 0.1) is 11.6 Å². The van der Waals surface area contributed by atoms with E-state index in [1.165, 1.54) is 0 Å². The highest BCUT2D eigenvalue weighted by molar-refractivity contribution is 9.10. The minimum Gasteiger partial charge on any atom is -0.507 e. The summed E-state index contributed by atoms with van der Waals surface area (Å²) in [6.45, 7) is 3.90. The number of hydrogen-bond acceptors (Lipinski definition) is 3. The van der Waals surface area contributed by atoms with Crippen molar-refractivity contribution < 1.29 is 10.2 Å². The van der Waals surface area contributed by atoms with Crippen molar-refractivity contribution in [2.75, 3.05) is 5.32 Å². The maximum atomic E-state index is 9.85. The summed E-state index contributed by atoms with van der Waals surface area (Å²) in [6, 6.07) is 10.5. The first kappa shape index (κ1) is 13.7. The van der Waals surface area contributed by atoms with Crippen LogP contribution in [0.3, 0.4) is 0 Å². The topological polar surface area (TPSA) is 52.5 Å². The molecular weight excluding hydrogens is 306 g/mol. The van der Waals surface area contributed by atoms with Crippen molar-refractivity contribution in [3.8, 4) is 11.5 Å². The van der Waals surface area contributed by atoms with Crippen LogP contribution >= 0.6 is 15.9 Å². The highest BCUT2D eigenvalue weighted by Gasteiger charge is 2.15. The first-order valence-corrected chi connectivity index (χ1v) is 6.82. The molecule has 1 atom stereocenters. The fourth-order valence-electron chi connectivity index (χ4n) is 2.08. The molecular formula is C15H16BrNO2. The summed E-state index contributed by atoms with van der Waals surface area (Å²) < 4.78 is 1.02. The average Bonchev–Trinajstić information content (AvgIpc) is 2.32. The van der Waals surface area contributed by atoms with Gasteiger partial charge >= 0.3 is 0 Å². The smallest absolute Gasteiger partial charge is 0.124 e. The highest BCUT2D eigenvalue weighted by Crippen LogP contribution is 2.34. The number of rotatable bonds is 3. The van der Waals surface area contributed by atoms with Crippen molar-refractivity contribution in [3.63, 3.8) is 0 Å². The molecule has 0 aliphatic rings. The highest BCUT2D eigenvalue weighted by atomic mass is 79.9. The number of anilines is 1. The monoisotopic (exact) mass is 321 g/mol. The van der Waals surface area contributed by atoms with Crippen LogP contribution in [0.15, 0.2) is 40.9 Å². The molecule has 100 valence electrons. The molecule has 2 aromatic carbocycles. The molecule has 0 saturated heterocycles. The van der Waals surface area contributed by atoms with Crippen molar-refractivity contribution in [2.24, 2.45) is 0 Å². The van der Waals surface area contributed by atoms with Crippen LogP contribution in [-0.2, 0) is 0 Å². The van der Waals surface area contributed by atoms with E-state index in [9.17, 15) is 10.2 Å². The van der Waals surface area contributed by atoms with Gasteiger partial charge in [-0.1, -0.05) is 22.0 Å². The molecule has 0 saturated carbocycles. The SMILES string of the molecule is Cc1cc(Br)ccc1NC(C)c1c(O)cccc1O. The number of halogens is 1. The van der Waals surface area contributed by atoms with Crippen LogP contribution in [0.2, 0.25) is 0 Å². The fraction of sp³-hybridized carbons (Fsp3) is 0.200. The van der Waals surface area contributed by atoms with E-state index in [-0.39, 0.29) is 17.5 Å². The Morgan fingerprint density at radius 1 is 1.11 bits per heavy atom. The summed E-state index contributed by atoms with van der Waals surface area (Å²) >= 11 is 3.42. The van der Waals surface area contributed by atoms with Gasteiger partial charge in [-0.2, -0.15) is 0 Å². The van der Waals surface area contributed by atoms with Gasteiger partial charge in [-0.05, 0) is 49.7 Å². The fourth-order valence-corrected chi connectivity index (χ4v) is 2.55. The van der Waals surface area contributed by atoms with E-state index in [1.807, 2.05) is 32.0 Å². The largest absolute Gasteiger partial charge is 0.507 e. The zero-order valence-corrected chi connectivity index (χ0v) is 12.4. The van der Waals surface area contributed by atoms with Crippen molar-refractivity contribution in [3.05, 3.63) is 52.0 Å². The third-order valence-electron chi connectivity index (χ3n) is 3.05. The third kappa shape index (κ3) is 3.01. The summed E-state index contributed by atoms with van der Waals surface area (Å²) in [6.07, 6.45) is 0. The minimum absolute atomic E-state index is 0.0924. The lowest BCUT2D eigenvalue weighted by molar-refractivity contribution is 0.434. The number of aryl methyl sites for hydroxylation is 1. The molecule has 2 rings (SSSR count). The predicted molar refractivity (Wildman–Crippen MR) is 80.7 cm³/mol. The first-order valence-electron chi connectivity index (χ1n) is 6.02. The number of benzene rings is 2. The lowest BCUT2D eigenvalue weighted by Crippen LogP contribution is -2.08. The first-order chi connectivity index (χ1) is 8.99. The van der Waals surface area contributed by atoms with Crippen molar-refractivity contribution in [1.29, 1.82) is 0 Å². The van der Waals surface area contributed by atoms with E-state index in [4.69, 9.17) is 0 Å². The van der Waals surface area contributed by atoms with Crippen molar-refractivity contribution in [1.82, 2.24) is 0 Å². The molecule has 3 N–H and O–H groups in total. The number of aromatic hydroxyl groups is 2. The molecule has 4 heteroatoms. The average molecular weight is 322 g/mol. The van der Waals surface area contributed by atoms with Gasteiger partial charge in [0.1, 0.15) is 11.5 Å². The Morgan fingerprint density at radius 2 is 1.74 bits per heavy atom. The van der Waals surface area contributed by atoms with Gasteiger partial charge in [0.25, 0.3) is 0 Å². The number of hydrogen-bond donors (Lipinski definition) is 3. The second-order valence-electron chi connectivity index (χ2n) is 4.54. The number of nitrogens with one attached hydrogen (secondary N) is 1. The van der Waals surface area contributed by atoms with Crippen molar-refractivity contribution in [2.45, 2.75) is 19.9 Å². The molecule has 2 aromatic rings. The predicted octanol–water partition coefficient (Wildman–Crippen LogP) is 4.34. The lowest BCUT2D eigenvalue weighted by atomic mass is 10.0. The summed E-state index contributed by atoms with van der Waals surface area (Å²) in [5.41, 5.74) is 2.57. The van der Waals surface area contributed by atoms with E-state index < -0.39 is 0 Å². The van der Waals surface area contributed by atoms with Crippen molar-refractivity contribution >= 4 is 21.6 Å². The number of phenols is 2. The van der Waals surface area contributed by atoms with Crippen LogP contribution in [0, 0.1) is 6.92 Å². The molecule has 0 amide bonds. The van der Waals surface area contributed by atoms with Crippen LogP contribution in [0.4, 0.5) is 5.69 Å². The van der Waals surface area contributed by atoms with Gasteiger partial charge in [-0.3, -0.25) is 0 Å². The zero-order chi connectivity index (χ0) is 14.0. The van der Waals surface area contributed by atoms with E-state index >= 15 is 0 Å². The molecule has 0 bridgehead atoms. The number of phenolic OH excluding ortho intramolecular Hbond substituents is 2. The molecule has 0 spiro atoms. The lowest BCUT2D eigenvalue weighted by Gasteiger charge is -2.19. The quantitative estimate of drug-likeness (QED) is 0.788. The second-order valence-corrected chi connectivity index (χ2v) is 5.45. The molecule has 0 radical (unpaired) electrons. The zero-order valence-electron chi connectivity index (χ0n) is 10.8. The third-order valence-corrected chi connectivity index (χ3v) is 3.55. The Hall–Kier alpha value is -1.68. The maximum absolute atomic E-state index is 9.85. The molecule has 0 heterocycles. The summed E-state index contributed by atoms with van der Waals surface area (Å²) in [5.74, 6) is 0.185. The van der Waals surface area contributed by atoms with E-state index in [2.05, 4.69) is 21.2 Å². The summed E-state index contributed by atoms with van der Waals surface area (Å²) in [4.78, 5) is 0. The molecule has 1 unspecified atom stereocenters. The molecule has 0 aromatic heterocycles. The van der Waals surface area contributed by atoms with Gasteiger partial charge in [0.15, 0.2) is 0 Å². The van der Waals surface area contributed by atoms with Crippen LogP contribution in [-0.4, -0.2) is 10.2 Å². The molecule has 0 aliphatic carbocycles. The second kappa shape index (κ2) is 5.53.